The molecular weight excluding hydrogens is 270 g/mol. The zero-order chi connectivity index (χ0) is 16.1. The van der Waals surface area contributed by atoms with Crippen molar-refractivity contribution in [2.75, 3.05) is 10.2 Å². The predicted molar refractivity (Wildman–Crippen MR) is 96.0 cm³/mol. The number of aryl methyl sites for hydroxylation is 2. The van der Waals surface area contributed by atoms with Gasteiger partial charge in [-0.25, -0.2) is 0 Å². The van der Waals surface area contributed by atoms with E-state index in [1.54, 1.807) is 0 Å². The average Bonchev–Trinajstić information content (AvgIpc) is 2.47. The van der Waals surface area contributed by atoms with Gasteiger partial charge < -0.3 is 10.2 Å². The van der Waals surface area contributed by atoms with Gasteiger partial charge in [0.05, 0.1) is 0 Å². The second-order valence-electron chi connectivity index (χ2n) is 5.83. The Balaban J connectivity index is 2.23. The molecule has 2 rings (SSSR count). The number of anilines is 2. The third-order valence-corrected chi connectivity index (χ3v) is 3.64. The molecule has 0 fully saturated rings. The molecule has 0 heterocycles. The fraction of sp³-hybridized carbons (Fsp3) is 0.316. The van der Waals surface area contributed by atoms with Crippen LogP contribution in [-0.4, -0.2) is 12.0 Å². The number of benzene rings is 2. The summed E-state index contributed by atoms with van der Waals surface area (Å²) in [6.45, 7) is 8.41. The smallest absolute Gasteiger partial charge is 0.200 e. The van der Waals surface area contributed by atoms with Gasteiger partial charge in [0.25, 0.3) is 0 Å². The van der Waals surface area contributed by atoms with Crippen LogP contribution in [0.2, 0.25) is 0 Å². The first-order valence-electron chi connectivity index (χ1n) is 7.81. The largest absolute Gasteiger partial charge is 0.326 e. The summed E-state index contributed by atoms with van der Waals surface area (Å²) in [5.74, 6) is 0.397. The molecule has 2 N–H and O–H groups in total. The minimum absolute atomic E-state index is 0.205. The summed E-state index contributed by atoms with van der Waals surface area (Å²) < 4.78 is 0. The molecule has 22 heavy (non-hydrogen) atoms. The van der Waals surface area contributed by atoms with E-state index in [4.69, 9.17) is 5.41 Å². The lowest BCUT2D eigenvalue weighted by atomic mass is 10.1. The second-order valence-corrected chi connectivity index (χ2v) is 5.83. The molecule has 0 aromatic heterocycles. The molecule has 0 aliphatic heterocycles. The highest BCUT2D eigenvalue weighted by Crippen LogP contribution is 2.20. The van der Waals surface area contributed by atoms with Crippen molar-refractivity contribution in [3.05, 3.63) is 59.7 Å². The summed E-state index contributed by atoms with van der Waals surface area (Å²) in [4.78, 5) is 2.01. The molecule has 0 bridgehead atoms. The van der Waals surface area contributed by atoms with Crippen LogP contribution in [0.5, 0.6) is 0 Å². The number of guanidine groups is 1. The SMILES string of the molecule is CCc1cccc(NC(=N)N(c2cccc(C)c2)C(C)C)c1. The number of hydrogen-bond donors (Lipinski definition) is 2. The second kappa shape index (κ2) is 7.12. The molecule has 0 amide bonds. The van der Waals surface area contributed by atoms with Crippen molar-refractivity contribution in [2.24, 2.45) is 0 Å². The highest BCUT2D eigenvalue weighted by molar-refractivity contribution is 6.03. The third-order valence-electron chi connectivity index (χ3n) is 3.64. The van der Waals surface area contributed by atoms with Crippen molar-refractivity contribution in [3.8, 4) is 0 Å². The van der Waals surface area contributed by atoms with Crippen molar-refractivity contribution in [2.45, 2.75) is 40.2 Å². The number of nitrogens with zero attached hydrogens (tertiary/aromatic N) is 1. The summed E-state index contributed by atoms with van der Waals surface area (Å²) in [6, 6.07) is 16.7. The quantitative estimate of drug-likeness (QED) is 0.627. The van der Waals surface area contributed by atoms with E-state index in [-0.39, 0.29) is 6.04 Å². The summed E-state index contributed by atoms with van der Waals surface area (Å²) in [5, 5.41) is 11.7. The zero-order valence-corrected chi connectivity index (χ0v) is 13.9. The van der Waals surface area contributed by atoms with Crippen molar-refractivity contribution in [1.29, 1.82) is 5.41 Å². The minimum atomic E-state index is 0.205. The van der Waals surface area contributed by atoms with E-state index < -0.39 is 0 Å². The Bertz CT molecular complexity index is 647. The first kappa shape index (κ1) is 16.1. The summed E-state index contributed by atoms with van der Waals surface area (Å²) >= 11 is 0. The molecule has 0 atom stereocenters. The predicted octanol–water partition coefficient (Wildman–Crippen LogP) is 4.82. The molecule has 0 aliphatic rings. The minimum Gasteiger partial charge on any atom is -0.326 e. The Hall–Kier alpha value is -2.29. The maximum absolute atomic E-state index is 8.46. The summed E-state index contributed by atoms with van der Waals surface area (Å²) in [7, 11) is 0. The van der Waals surface area contributed by atoms with Crippen LogP contribution in [-0.2, 0) is 6.42 Å². The first-order valence-corrected chi connectivity index (χ1v) is 7.81. The van der Waals surface area contributed by atoms with Crippen LogP contribution in [0.3, 0.4) is 0 Å². The van der Waals surface area contributed by atoms with Crippen LogP contribution in [0.15, 0.2) is 48.5 Å². The Morgan fingerprint density at radius 1 is 1.14 bits per heavy atom. The van der Waals surface area contributed by atoms with Crippen LogP contribution in [0, 0.1) is 12.3 Å². The standard InChI is InChI=1S/C19H25N3/c1-5-16-9-7-10-17(13-16)21-19(20)22(14(2)3)18-11-6-8-15(4)12-18/h6-14H,5H2,1-4H3,(H2,20,21). The molecule has 0 radical (unpaired) electrons. The van der Waals surface area contributed by atoms with Gasteiger partial charge in [-0.3, -0.25) is 5.41 Å². The maximum atomic E-state index is 8.46. The van der Waals surface area contributed by atoms with Gasteiger partial charge in [0.1, 0.15) is 0 Å². The maximum Gasteiger partial charge on any atom is 0.200 e. The van der Waals surface area contributed by atoms with Gasteiger partial charge >= 0.3 is 0 Å². The van der Waals surface area contributed by atoms with Gasteiger partial charge in [-0.05, 0) is 62.6 Å². The van der Waals surface area contributed by atoms with E-state index in [1.807, 2.05) is 29.2 Å². The molecule has 116 valence electrons. The van der Waals surface area contributed by atoms with Crippen LogP contribution in [0.1, 0.15) is 31.9 Å². The van der Waals surface area contributed by atoms with E-state index in [2.05, 4.69) is 57.3 Å². The van der Waals surface area contributed by atoms with Gasteiger partial charge in [0.2, 0.25) is 0 Å². The Labute approximate surface area is 133 Å². The van der Waals surface area contributed by atoms with Crippen LogP contribution in [0.4, 0.5) is 11.4 Å². The van der Waals surface area contributed by atoms with Crippen LogP contribution >= 0.6 is 0 Å². The van der Waals surface area contributed by atoms with Gasteiger partial charge in [-0.15, -0.1) is 0 Å². The number of nitrogens with one attached hydrogen (secondary N) is 2. The lowest BCUT2D eigenvalue weighted by Gasteiger charge is -2.30. The Morgan fingerprint density at radius 3 is 2.50 bits per heavy atom. The van der Waals surface area contributed by atoms with Crippen molar-refractivity contribution in [3.63, 3.8) is 0 Å². The fourth-order valence-electron chi connectivity index (χ4n) is 2.53. The molecule has 3 nitrogen and oxygen atoms in total. The van der Waals surface area contributed by atoms with E-state index in [1.165, 1.54) is 11.1 Å². The zero-order valence-electron chi connectivity index (χ0n) is 13.9. The van der Waals surface area contributed by atoms with Crippen molar-refractivity contribution < 1.29 is 0 Å². The molecule has 0 saturated heterocycles. The monoisotopic (exact) mass is 295 g/mol. The van der Waals surface area contributed by atoms with E-state index >= 15 is 0 Å². The van der Waals surface area contributed by atoms with Gasteiger partial charge in [0.15, 0.2) is 5.96 Å². The highest BCUT2D eigenvalue weighted by Gasteiger charge is 2.16. The van der Waals surface area contributed by atoms with Gasteiger partial charge in [-0.2, -0.15) is 0 Å². The fourth-order valence-corrected chi connectivity index (χ4v) is 2.53. The molecule has 0 aliphatic carbocycles. The molecule has 0 unspecified atom stereocenters. The summed E-state index contributed by atoms with van der Waals surface area (Å²) in [6.07, 6.45) is 0.995. The average molecular weight is 295 g/mol. The lowest BCUT2D eigenvalue weighted by Crippen LogP contribution is -2.40. The molecule has 0 spiro atoms. The summed E-state index contributed by atoms with van der Waals surface area (Å²) in [5.41, 5.74) is 4.47. The Kier molecular flexibility index (Phi) is 5.21. The lowest BCUT2D eigenvalue weighted by molar-refractivity contribution is 0.802. The topological polar surface area (TPSA) is 39.1 Å². The number of rotatable bonds is 4. The first-order chi connectivity index (χ1) is 10.5. The van der Waals surface area contributed by atoms with Crippen LogP contribution in [0.25, 0.3) is 0 Å². The Morgan fingerprint density at radius 2 is 1.86 bits per heavy atom. The van der Waals surface area contributed by atoms with Gasteiger partial charge in [-0.1, -0.05) is 31.2 Å². The molecule has 2 aromatic rings. The molecular formula is C19H25N3. The molecule has 2 aromatic carbocycles. The highest BCUT2D eigenvalue weighted by atomic mass is 15.3. The van der Waals surface area contributed by atoms with E-state index in [0.29, 0.717) is 5.96 Å². The van der Waals surface area contributed by atoms with Crippen molar-refractivity contribution >= 4 is 17.3 Å². The van der Waals surface area contributed by atoms with Crippen LogP contribution < -0.4 is 10.2 Å². The number of hydrogen-bond acceptors (Lipinski definition) is 1. The molecule has 3 heteroatoms. The molecule has 0 saturated carbocycles. The van der Waals surface area contributed by atoms with E-state index in [9.17, 15) is 0 Å². The van der Waals surface area contributed by atoms with Gasteiger partial charge in [0, 0.05) is 17.4 Å². The van der Waals surface area contributed by atoms with E-state index in [0.717, 1.165) is 17.8 Å². The third kappa shape index (κ3) is 3.88. The normalized spacial score (nSPS) is 10.6. The van der Waals surface area contributed by atoms with Crippen molar-refractivity contribution in [1.82, 2.24) is 0 Å².